The number of fused-ring (bicyclic) bond motifs is 1. The van der Waals surface area contributed by atoms with E-state index in [2.05, 4.69) is 10.5 Å². The third kappa shape index (κ3) is 5.27. The topological polar surface area (TPSA) is 80.2 Å². The molecular weight excluding hydrogens is 423 g/mol. The summed E-state index contributed by atoms with van der Waals surface area (Å²) in [7, 11) is 1.52. The molecule has 0 aliphatic carbocycles. The van der Waals surface area contributed by atoms with Crippen molar-refractivity contribution in [1.29, 1.82) is 0 Å². The molecule has 7 heteroatoms. The maximum atomic E-state index is 13.0. The summed E-state index contributed by atoms with van der Waals surface area (Å²) in [6.07, 6.45) is 1.46. The molecule has 6 nitrogen and oxygen atoms in total. The number of nitrogens with one attached hydrogen (secondary N) is 1. The van der Waals surface area contributed by atoms with Crippen LogP contribution in [0.15, 0.2) is 84.0 Å². The second-order valence-corrected chi connectivity index (χ2v) is 7.24. The van der Waals surface area contributed by atoms with Crippen molar-refractivity contribution in [2.45, 2.75) is 6.61 Å². The van der Waals surface area contributed by atoms with Crippen LogP contribution in [0.25, 0.3) is 10.8 Å². The number of ether oxygens (including phenoxy) is 2. The van der Waals surface area contributed by atoms with Gasteiger partial charge in [-0.2, -0.15) is 5.10 Å². The Hall–Kier alpha value is -4.39. The van der Waals surface area contributed by atoms with E-state index in [0.29, 0.717) is 17.1 Å². The molecule has 4 aromatic carbocycles. The molecule has 2 N–H and O–H groups in total. The van der Waals surface area contributed by atoms with E-state index in [-0.39, 0.29) is 23.7 Å². The smallest absolute Gasteiger partial charge is 0.275 e. The molecule has 0 saturated carbocycles. The molecule has 0 atom stereocenters. The lowest BCUT2D eigenvalue weighted by Gasteiger charge is -2.11. The van der Waals surface area contributed by atoms with Gasteiger partial charge in [0.2, 0.25) is 0 Å². The van der Waals surface area contributed by atoms with E-state index in [4.69, 9.17) is 9.47 Å². The molecule has 0 bridgehead atoms. The number of aromatic hydroxyl groups is 1. The van der Waals surface area contributed by atoms with E-state index in [0.717, 1.165) is 16.3 Å². The fraction of sp³-hybridized carbons (Fsp3) is 0.0769. The van der Waals surface area contributed by atoms with Crippen LogP contribution in [0.1, 0.15) is 21.5 Å². The minimum Gasteiger partial charge on any atom is -0.507 e. The lowest BCUT2D eigenvalue weighted by atomic mass is 10.1. The second-order valence-electron chi connectivity index (χ2n) is 7.24. The van der Waals surface area contributed by atoms with Crippen LogP contribution < -0.4 is 14.9 Å². The number of halogens is 1. The number of carbonyl (C=O) groups is 1. The van der Waals surface area contributed by atoms with Gasteiger partial charge < -0.3 is 14.6 Å². The van der Waals surface area contributed by atoms with Gasteiger partial charge in [-0.15, -0.1) is 0 Å². The van der Waals surface area contributed by atoms with Crippen molar-refractivity contribution in [3.8, 4) is 17.2 Å². The number of rotatable bonds is 7. The summed E-state index contributed by atoms with van der Waals surface area (Å²) < 4.78 is 24.2. The molecule has 0 aromatic heterocycles. The minimum atomic E-state index is -0.527. The number of carbonyl (C=O) groups excluding carboxylic acids is 1. The van der Waals surface area contributed by atoms with Gasteiger partial charge in [0.25, 0.3) is 5.91 Å². The molecule has 0 saturated heterocycles. The van der Waals surface area contributed by atoms with Crippen LogP contribution in [0, 0.1) is 5.82 Å². The Kier molecular flexibility index (Phi) is 6.50. The highest BCUT2D eigenvalue weighted by Gasteiger charge is 2.12. The second kappa shape index (κ2) is 9.82. The molecule has 1 amide bonds. The number of hydrazone groups is 1. The van der Waals surface area contributed by atoms with Gasteiger partial charge in [-0.3, -0.25) is 4.79 Å². The first kappa shape index (κ1) is 21.8. The lowest BCUT2D eigenvalue weighted by molar-refractivity contribution is 0.0952. The van der Waals surface area contributed by atoms with Crippen molar-refractivity contribution in [1.82, 2.24) is 5.43 Å². The quantitative estimate of drug-likeness (QED) is 0.309. The maximum absolute atomic E-state index is 13.0. The van der Waals surface area contributed by atoms with Crippen LogP contribution in [0.4, 0.5) is 4.39 Å². The predicted octanol–water partition coefficient (Wildman–Crippen LogP) is 5.04. The fourth-order valence-electron chi connectivity index (χ4n) is 3.26. The van der Waals surface area contributed by atoms with Crippen LogP contribution in [0.2, 0.25) is 0 Å². The number of methoxy groups -OCH3 is 1. The molecule has 0 fully saturated rings. The van der Waals surface area contributed by atoms with Crippen molar-refractivity contribution >= 4 is 22.9 Å². The Balaban J connectivity index is 1.42. The van der Waals surface area contributed by atoms with Gasteiger partial charge in [0.1, 0.15) is 18.2 Å². The molecule has 0 aliphatic heterocycles. The fourth-order valence-corrected chi connectivity index (χ4v) is 3.26. The van der Waals surface area contributed by atoms with Gasteiger partial charge in [0.15, 0.2) is 11.5 Å². The summed E-state index contributed by atoms with van der Waals surface area (Å²) in [6.45, 7) is 0.259. The molecule has 0 heterocycles. The van der Waals surface area contributed by atoms with Crippen LogP contribution >= 0.6 is 0 Å². The van der Waals surface area contributed by atoms with Crippen molar-refractivity contribution < 1.29 is 23.8 Å². The average molecular weight is 444 g/mol. The maximum Gasteiger partial charge on any atom is 0.275 e. The van der Waals surface area contributed by atoms with Gasteiger partial charge in [-0.05, 0) is 64.4 Å². The molecule has 0 spiro atoms. The predicted molar refractivity (Wildman–Crippen MR) is 124 cm³/mol. The number of hydrogen-bond donors (Lipinski definition) is 2. The third-order valence-electron chi connectivity index (χ3n) is 4.98. The molecule has 0 aliphatic rings. The highest BCUT2D eigenvalue weighted by Crippen LogP contribution is 2.28. The van der Waals surface area contributed by atoms with E-state index in [9.17, 15) is 14.3 Å². The number of hydrogen-bond acceptors (Lipinski definition) is 5. The van der Waals surface area contributed by atoms with Crippen molar-refractivity contribution in [3.63, 3.8) is 0 Å². The standard InChI is InChI=1S/C26H21FN2O4/c1-32-25-12-18(8-11-24(25)33-16-17-6-9-21(27)10-7-17)15-28-29-26(31)22-13-19-4-2-3-5-20(19)14-23(22)30/h2-15,30H,16H2,1H3,(H,29,31)/b28-15-. The van der Waals surface area contributed by atoms with E-state index < -0.39 is 5.91 Å². The summed E-state index contributed by atoms with van der Waals surface area (Å²) in [5.41, 5.74) is 4.05. The normalized spacial score (nSPS) is 11.0. The van der Waals surface area contributed by atoms with Crippen molar-refractivity contribution in [3.05, 3.63) is 101 Å². The molecule has 4 rings (SSSR count). The molecule has 166 valence electrons. The van der Waals surface area contributed by atoms with Crippen LogP contribution in [-0.2, 0) is 6.61 Å². The lowest BCUT2D eigenvalue weighted by Crippen LogP contribution is -2.17. The third-order valence-corrected chi connectivity index (χ3v) is 4.98. The Bertz CT molecular complexity index is 1320. The number of phenolic OH excluding ortho intramolecular Hbond substituents is 1. The highest BCUT2D eigenvalue weighted by atomic mass is 19.1. The van der Waals surface area contributed by atoms with Gasteiger partial charge in [-0.25, -0.2) is 9.82 Å². The zero-order valence-corrected chi connectivity index (χ0v) is 17.8. The van der Waals surface area contributed by atoms with Crippen LogP contribution in [0.5, 0.6) is 17.2 Å². The Labute approximate surface area is 189 Å². The molecule has 33 heavy (non-hydrogen) atoms. The summed E-state index contributed by atoms with van der Waals surface area (Å²) in [6, 6.07) is 21.8. The van der Waals surface area contributed by atoms with Gasteiger partial charge in [0, 0.05) is 0 Å². The molecule has 0 radical (unpaired) electrons. The zero-order valence-electron chi connectivity index (χ0n) is 17.8. The molecule has 4 aromatic rings. The molecule has 0 unspecified atom stereocenters. The first-order valence-corrected chi connectivity index (χ1v) is 10.1. The highest BCUT2D eigenvalue weighted by molar-refractivity contribution is 6.01. The van der Waals surface area contributed by atoms with Crippen LogP contribution in [-0.4, -0.2) is 24.3 Å². The van der Waals surface area contributed by atoms with Gasteiger partial charge in [-0.1, -0.05) is 36.4 Å². The number of phenols is 1. The van der Waals surface area contributed by atoms with E-state index in [1.807, 2.05) is 24.3 Å². The SMILES string of the molecule is COc1cc(/C=N\NC(=O)c2cc3ccccc3cc2O)ccc1OCc1ccc(F)cc1. The number of nitrogens with zero attached hydrogens (tertiary/aromatic N) is 1. The monoisotopic (exact) mass is 444 g/mol. The summed E-state index contributed by atoms with van der Waals surface area (Å²) in [5.74, 6) is 0.0537. The number of benzene rings is 4. The molecular formula is C26H21FN2O4. The Morgan fingerprint density at radius 3 is 2.45 bits per heavy atom. The van der Waals surface area contributed by atoms with E-state index in [1.54, 1.807) is 42.5 Å². The average Bonchev–Trinajstić information content (AvgIpc) is 2.83. The van der Waals surface area contributed by atoms with Crippen molar-refractivity contribution in [2.24, 2.45) is 5.10 Å². The largest absolute Gasteiger partial charge is 0.507 e. The van der Waals surface area contributed by atoms with E-state index in [1.165, 1.54) is 25.5 Å². The van der Waals surface area contributed by atoms with Gasteiger partial charge in [0.05, 0.1) is 18.9 Å². The van der Waals surface area contributed by atoms with Crippen molar-refractivity contribution in [2.75, 3.05) is 7.11 Å². The zero-order chi connectivity index (χ0) is 23.2. The first-order chi connectivity index (χ1) is 16.0. The number of amides is 1. The summed E-state index contributed by atoms with van der Waals surface area (Å²) >= 11 is 0. The first-order valence-electron chi connectivity index (χ1n) is 10.1. The summed E-state index contributed by atoms with van der Waals surface area (Å²) in [5, 5.41) is 15.8. The van der Waals surface area contributed by atoms with E-state index >= 15 is 0 Å². The Morgan fingerprint density at radius 1 is 1.00 bits per heavy atom. The van der Waals surface area contributed by atoms with Crippen LogP contribution in [0.3, 0.4) is 0 Å². The summed E-state index contributed by atoms with van der Waals surface area (Å²) in [4.78, 5) is 12.5. The minimum absolute atomic E-state index is 0.120. The Morgan fingerprint density at radius 2 is 1.73 bits per heavy atom. The van der Waals surface area contributed by atoms with Gasteiger partial charge >= 0.3 is 0 Å².